The van der Waals surface area contributed by atoms with Crippen LogP contribution in [0.1, 0.15) is 17.3 Å². The van der Waals surface area contributed by atoms with Gasteiger partial charge >= 0.3 is 11.9 Å². The van der Waals surface area contributed by atoms with E-state index in [1.807, 2.05) is 0 Å². The number of carbonyl (C=O) groups excluding carboxylic acids is 3. The van der Waals surface area contributed by atoms with E-state index in [0.717, 1.165) is 0 Å². The minimum absolute atomic E-state index is 0.0119. The summed E-state index contributed by atoms with van der Waals surface area (Å²) in [5.41, 5.74) is 1.19. The topological polar surface area (TPSA) is 123 Å². The summed E-state index contributed by atoms with van der Waals surface area (Å²) in [7, 11) is 1.22. The van der Waals surface area contributed by atoms with E-state index in [1.165, 1.54) is 12.0 Å². The van der Waals surface area contributed by atoms with E-state index in [2.05, 4.69) is 10.4 Å². The molecule has 0 radical (unpaired) electrons. The first-order valence-electron chi connectivity index (χ1n) is 9.30. The molecule has 0 fully saturated rings. The standard InChI is InChI=1S/C20H22N4O6/c1-3-30-20(28)14-6-5-13(24-8-4-7-21-24)11-16(14)22-17-15(19(27)29-2)12-23(9-10-25)18(17)26/h4-8,11,22,25H,3,9-10,12H2,1-2H3. The number of aromatic nitrogens is 2. The van der Waals surface area contributed by atoms with Crippen molar-refractivity contribution >= 4 is 23.5 Å². The number of esters is 2. The van der Waals surface area contributed by atoms with Crippen LogP contribution in [0, 0.1) is 0 Å². The molecule has 0 unspecified atom stereocenters. The van der Waals surface area contributed by atoms with Gasteiger partial charge in [-0.3, -0.25) is 4.79 Å². The average molecular weight is 414 g/mol. The second kappa shape index (κ2) is 9.23. The summed E-state index contributed by atoms with van der Waals surface area (Å²) in [5.74, 6) is -1.74. The van der Waals surface area contributed by atoms with Crippen LogP contribution in [-0.4, -0.2) is 71.0 Å². The number of hydrogen-bond donors (Lipinski definition) is 2. The molecule has 2 aromatic rings. The maximum Gasteiger partial charge on any atom is 0.340 e. The molecular weight excluding hydrogens is 392 g/mol. The fourth-order valence-electron chi connectivity index (χ4n) is 3.07. The molecule has 1 aromatic heterocycles. The largest absolute Gasteiger partial charge is 0.466 e. The predicted octanol–water partition coefficient (Wildman–Crippen LogP) is 0.722. The summed E-state index contributed by atoms with van der Waals surface area (Å²) in [6.07, 6.45) is 3.34. The first-order chi connectivity index (χ1) is 14.5. The molecule has 2 heterocycles. The van der Waals surface area contributed by atoms with E-state index in [9.17, 15) is 19.5 Å². The van der Waals surface area contributed by atoms with Gasteiger partial charge in [-0.25, -0.2) is 14.3 Å². The van der Waals surface area contributed by atoms with Crippen molar-refractivity contribution in [3.8, 4) is 5.69 Å². The van der Waals surface area contributed by atoms with Crippen LogP contribution in [0.25, 0.3) is 5.69 Å². The number of ether oxygens (including phenoxy) is 2. The Bertz CT molecular complexity index is 983. The second-order valence-corrected chi connectivity index (χ2v) is 6.32. The minimum atomic E-state index is -0.674. The Morgan fingerprint density at radius 2 is 2.10 bits per heavy atom. The van der Waals surface area contributed by atoms with Gasteiger partial charge in [0.05, 0.1) is 49.4 Å². The van der Waals surface area contributed by atoms with Gasteiger partial charge in [0.2, 0.25) is 0 Å². The van der Waals surface area contributed by atoms with Gasteiger partial charge in [-0.2, -0.15) is 5.10 Å². The Labute approximate surface area is 172 Å². The zero-order valence-corrected chi connectivity index (χ0v) is 16.6. The van der Waals surface area contributed by atoms with Crippen molar-refractivity contribution in [3.05, 3.63) is 53.5 Å². The highest BCUT2D eigenvalue weighted by atomic mass is 16.5. The summed E-state index contributed by atoms with van der Waals surface area (Å²) in [4.78, 5) is 38.8. The molecule has 10 heteroatoms. The zero-order valence-electron chi connectivity index (χ0n) is 16.6. The molecule has 1 aliphatic rings. The van der Waals surface area contributed by atoms with Crippen molar-refractivity contribution in [2.75, 3.05) is 38.7 Å². The summed E-state index contributed by atoms with van der Waals surface area (Å²) >= 11 is 0. The van der Waals surface area contributed by atoms with Gasteiger partial charge in [-0.15, -0.1) is 0 Å². The third-order valence-electron chi connectivity index (χ3n) is 4.48. The average Bonchev–Trinajstić information content (AvgIpc) is 3.38. The van der Waals surface area contributed by atoms with Gasteiger partial charge in [0.15, 0.2) is 0 Å². The normalized spacial score (nSPS) is 13.6. The van der Waals surface area contributed by atoms with Crippen LogP contribution in [0.3, 0.4) is 0 Å². The molecule has 10 nitrogen and oxygen atoms in total. The van der Waals surface area contributed by atoms with Crippen LogP contribution in [0.15, 0.2) is 47.9 Å². The molecule has 0 saturated heterocycles. The van der Waals surface area contributed by atoms with Gasteiger partial charge in [-0.05, 0) is 31.2 Å². The minimum Gasteiger partial charge on any atom is -0.466 e. The number of aliphatic hydroxyl groups excluding tert-OH is 1. The predicted molar refractivity (Wildman–Crippen MR) is 106 cm³/mol. The van der Waals surface area contributed by atoms with Crippen LogP contribution in [0.2, 0.25) is 0 Å². The lowest BCUT2D eigenvalue weighted by Gasteiger charge is -2.16. The van der Waals surface area contributed by atoms with E-state index < -0.39 is 17.8 Å². The number of anilines is 1. The number of carbonyl (C=O) groups is 3. The first kappa shape index (κ1) is 21.1. The van der Waals surface area contributed by atoms with Crippen LogP contribution >= 0.6 is 0 Å². The molecule has 0 saturated carbocycles. The van der Waals surface area contributed by atoms with E-state index >= 15 is 0 Å². The molecule has 158 valence electrons. The molecular formula is C20H22N4O6. The summed E-state index contributed by atoms with van der Waals surface area (Å²) < 4.78 is 11.5. The Hall–Kier alpha value is -3.66. The molecule has 2 N–H and O–H groups in total. The number of nitrogens with one attached hydrogen (secondary N) is 1. The van der Waals surface area contributed by atoms with Crippen LogP contribution in [0.4, 0.5) is 5.69 Å². The van der Waals surface area contributed by atoms with Gasteiger partial charge in [0, 0.05) is 18.9 Å². The highest BCUT2D eigenvalue weighted by Gasteiger charge is 2.35. The zero-order chi connectivity index (χ0) is 21.7. The monoisotopic (exact) mass is 414 g/mol. The van der Waals surface area contributed by atoms with E-state index in [0.29, 0.717) is 5.69 Å². The van der Waals surface area contributed by atoms with Crippen LogP contribution in [0.5, 0.6) is 0 Å². The van der Waals surface area contributed by atoms with Crippen molar-refractivity contribution in [3.63, 3.8) is 0 Å². The molecule has 3 rings (SSSR count). The Balaban J connectivity index is 2.05. The summed E-state index contributed by atoms with van der Waals surface area (Å²) in [6, 6.07) is 6.62. The molecule has 1 aliphatic heterocycles. The van der Waals surface area contributed by atoms with Crippen molar-refractivity contribution in [1.82, 2.24) is 14.7 Å². The number of benzene rings is 1. The summed E-state index contributed by atoms with van der Waals surface area (Å²) in [5, 5.41) is 16.3. The van der Waals surface area contributed by atoms with Gasteiger partial charge in [0.25, 0.3) is 5.91 Å². The van der Waals surface area contributed by atoms with Crippen molar-refractivity contribution in [2.45, 2.75) is 6.92 Å². The number of β-amino-alcohol motifs (C(OH)–C–C–N with tert-alkyl or cyclic N) is 1. The number of methoxy groups -OCH3 is 1. The SMILES string of the molecule is CCOC(=O)c1ccc(-n2cccn2)cc1NC1=C(C(=O)OC)CN(CCO)C1=O. The van der Waals surface area contributed by atoms with Crippen LogP contribution < -0.4 is 5.32 Å². The fourth-order valence-corrected chi connectivity index (χ4v) is 3.07. The maximum absolute atomic E-state index is 12.8. The fraction of sp³-hybridized carbons (Fsp3) is 0.300. The second-order valence-electron chi connectivity index (χ2n) is 6.32. The lowest BCUT2D eigenvalue weighted by molar-refractivity contribution is -0.136. The van der Waals surface area contributed by atoms with Crippen molar-refractivity contribution < 1.29 is 29.0 Å². The third kappa shape index (κ3) is 4.18. The quantitative estimate of drug-likeness (QED) is 0.606. The van der Waals surface area contributed by atoms with Crippen molar-refractivity contribution in [1.29, 1.82) is 0 Å². The molecule has 0 bridgehead atoms. The number of hydrogen-bond acceptors (Lipinski definition) is 8. The molecule has 0 aliphatic carbocycles. The van der Waals surface area contributed by atoms with Crippen LogP contribution in [-0.2, 0) is 19.1 Å². The molecule has 0 atom stereocenters. The van der Waals surface area contributed by atoms with E-state index in [1.54, 1.807) is 48.3 Å². The lowest BCUT2D eigenvalue weighted by Crippen LogP contribution is -2.31. The number of nitrogens with zero attached hydrogens (tertiary/aromatic N) is 3. The maximum atomic E-state index is 12.8. The highest BCUT2D eigenvalue weighted by Crippen LogP contribution is 2.27. The van der Waals surface area contributed by atoms with Gasteiger partial charge in [0.1, 0.15) is 5.70 Å². The molecule has 1 aromatic carbocycles. The third-order valence-corrected chi connectivity index (χ3v) is 4.48. The Morgan fingerprint density at radius 3 is 2.73 bits per heavy atom. The van der Waals surface area contributed by atoms with E-state index in [-0.39, 0.29) is 48.8 Å². The lowest BCUT2D eigenvalue weighted by atomic mass is 10.1. The van der Waals surface area contributed by atoms with Gasteiger partial charge < -0.3 is 24.8 Å². The molecule has 30 heavy (non-hydrogen) atoms. The smallest absolute Gasteiger partial charge is 0.340 e. The Kier molecular flexibility index (Phi) is 6.48. The van der Waals surface area contributed by atoms with E-state index in [4.69, 9.17) is 9.47 Å². The molecule has 0 spiro atoms. The molecule has 1 amide bonds. The number of amides is 1. The highest BCUT2D eigenvalue weighted by molar-refractivity contribution is 6.09. The Morgan fingerprint density at radius 1 is 1.30 bits per heavy atom. The van der Waals surface area contributed by atoms with Gasteiger partial charge in [-0.1, -0.05) is 0 Å². The summed E-state index contributed by atoms with van der Waals surface area (Å²) in [6.45, 7) is 1.66. The number of rotatable bonds is 8. The van der Waals surface area contributed by atoms with Crippen molar-refractivity contribution in [2.24, 2.45) is 0 Å². The first-order valence-corrected chi connectivity index (χ1v) is 9.30. The number of aliphatic hydroxyl groups is 1.